The van der Waals surface area contributed by atoms with Gasteiger partial charge in [0.05, 0.1) is 22.3 Å². The normalized spacial score (nSPS) is 11.2. The molecule has 28 heavy (non-hydrogen) atoms. The second kappa shape index (κ2) is 7.32. The molecule has 0 spiro atoms. The number of anilines is 1. The molecule has 0 aliphatic carbocycles. The van der Waals surface area contributed by atoms with Gasteiger partial charge in [-0.3, -0.25) is 14.8 Å². The standard InChI is InChI=1S/C21H17N5O2/c1-22-11-13-3-2-4-14(9-13)17-7-5-15(12-23-17)20(27)24-16-6-8-18-19(10-16)26-21(28)25-18/h2-12H,1H3,(H,24,27)(H2,25,26,28). The Hall–Kier alpha value is -4.00. The number of hydrogen-bond acceptors (Lipinski definition) is 4. The summed E-state index contributed by atoms with van der Waals surface area (Å²) in [6.07, 6.45) is 3.32. The monoisotopic (exact) mass is 371 g/mol. The Morgan fingerprint density at radius 3 is 2.71 bits per heavy atom. The summed E-state index contributed by atoms with van der Waals surface area (Å²) in [4.78, 5) is 37.6. The quantitative estimate of drug-likeness (QED) is 0.480. The van der Waals surface area contributed by atoms with Crippen molar-refractivity contribution in [1.29, 1.82) is 0 Å². The second-order valence-corrected chi connectivity index (χ2v) is 6.24. The Morgan fingerprint density at radius 2 is 1.93 bits per heavy atom. The minimum atomic E-state index is -0.285. The minimum absolute atomic E-state index is 0.275. The average molecular weight is 371 g/mol. The SMILES string of the molecule is CN=Cc1cccc(-c2ccc(C(=O)Nc3ccc4[nH]c(=O)[nH]c4c3)cn2)c1. The van der Waals surface area contributed by atoms with E-state index >= 15 is 0 Å². The zero-order valence-corrected chi connectivity index (χ0v) is 15.1. The molecular weight excluding hydrogens is 354 g/mol. The number of aromatic nitrogens is 3. The molecule has 0 unspecified atom stereocenters. The van der Waals surface area contributed by atoms with Crippen LogP contribution in [0.1, 0.15) is 15.9 Å². The fraction of sp³-hybridized carbons (Fsp3) is 0.0476. The van der Waals surface area contributed by atoms with E-state index < -0.39 is 0 Å². The first kappa shape index (κ1) is 17.4. The summed E-state index contributed by atoms with van der Waals surface area (Å²) in [5, 5.41) is 2.81. The van der Waals surface area contributed by atoms with Gasteiger partial charge in [-0.15, -0.1) is 0 Å². The number of carbonyl (C=O) groups excluding carboxylic acids is 1. The molecule has 138 valence electrons. The highest BCUT2D eigenvalue weighted by Gasteiger charge is 2.09. The molecule has 2 heterocycles. The number of pyridine rings is 1. The molecule has 0 bridgehead atoms. The van der Waals surface area contributed by atoms with Crippen LogP contribution >= 0.6 is 0 Å². The van der Waals surface area contributed by atoms with Crippen molar-refractivity contribution in [3.8, 4) is 11.3 Å². The Bertz CT molecular complexity index is 1240. The molecule has 3 N–H and O–H groups in total. The molecule has 0 aliphatic heterocycles. The van der Waals surface area contributed by atoms with Crippen LogP contribution in [0.15, 0.2) is 70.6 Å². The number of aromatic amines is 2. The number of nitrogens with one attached hydrogen (secondary N) is 3. The van der Waals surface area contributed by atoms with E-state index in [1.165, 1.54) is 0 Å². The van der Waals surface area contributed by atoms with E-state index in [4.69, 9.17) is 0 Å². The Balaban J connectivity index is 1.53. The molecule has 2 aromatic heterocycles. The van der Waals surface area contributed by atoms with Crippen LogP contribution in [-0.2, 0) is 0 Å². The van der Waals surface area contributed by atoms with Crippen LogP contribution in [-0.4, -0.2) is 34.1 Å². The van der Waals surface area contributed by atoms with Gasteiger partial charge >= 0.3 is 5.69 Å². The maximum absolute atomic E-state index is 12.5. The van der Waals surface area contributed by atoms with Gasteiger partial charge in [0.1, 0.15) is 0 Å². The van der Waals surface area contributed by atoms with Crippen LogP contribution in [0.3, 0.4) is 0 Å². The topological polar surface area (TPSA) is 103 Å². The van der Waals surface area contributed by atoms with Crippen LogP contribution in [0.2, 0.25) is 0 Å². The van der Waals surface area contributed by atoms with Crippen molar-refractivity contribution in [1.82, 2.24) is 15.0 Å². The molecule has 2 aromatic carbocycles. The number of aliphatic imine (C=N–C) groups is 1. The van der Waals surface area contributed by atoms with Crippen LogP contribution in [0.25, 0.3) is 22.3 Å². The van der Waals surface area contributed by atoms with Gasteiger partial charge in [-0.2, -0.15) is 0 Å². The molecule has 0 radical (unpaired) electrons. The van der Waals surface area contributed by atoms with Gasteiger partial charge in [-0.1, -0.05) is 18.2 Å². The molecule has 0 atom stereocenters. The third kappa shape index (κ3) is 3.59. The van der Waals surface area contributed by atoms with Crippen LogP contribution in [0.5, 0.6) is 0 Å². The fourth-order valence-corrected chi connectivity index (χ4v) is 2.94. The summed E-state index contributed by atoms with van der Waals surface area (Å²) in [7, 11) is 1.73. The average Bonchev–Trinajstić information content (AvgIpc) is 3.08. The van der Waals surface area contributed by atoms with Gasteiger partial charge in [0.15, 0.2) is 0 Å². The summed E-state index contributed by atoms with van der Waals surface area (Å²) < 4.78 is 0. The summed E-state index contributed by atoms with van der Waals surface area (Å²) in [6, 6.07) is 16.6. The molecule has 7 heteroatoms. The third-order valence-corrected chi connectivity index (χ3v) is 4.26. The lowest BCUT2D eigenvalue weighted by Crippen LogP contribution is -2.12. The molecule has 4 aromatic rings. The van der Waals surface area contributed by atoms with E-state index in [1.54, 1.807) is 43.7 Å². The predicted molar refractivity (Wildman–Crippen MR) is 110 cm³/mol. The van der Waals surface area contributed by atoms with Crippen LogP contribution in [0, 0.1) is 0 Å². The van der Waals surface area contributed by atoms with Gasteiger partial charge in [0.2, 0.25) is 0 Å². The molecule has 4 rings (SSSR count). The Labute approximate surface area is 160 Å². The summed E-state index contributed by atoms with van der Waals surface area (Å²) in [6.45, 7) is 0. The summed E-state index contributed by atoms with van der Waals surface area (Å²) >= 11 is 0. The predicted octanol–water partition coefficient (Wildman–Crippen LogP) is 3.22. The molecule has 0 aliphatic rings. The molecule has 0 fully saturated rings. The molecule has 7 nitrogen and oxygen atoms in total. The largest absolute Gasteiger partial charge is 0.323 e. The maximum Gasteiger partial charge on any atom is 0.323 e. The van der Waals surface area contributed by atoms with E-state index in [1.807, 2.05) is 30.3 Å². The number of benzene rings is 2. The number of hydrogen-bond donors (Lipinski definition) is 3. The lowest BCUT2D eigenvalue weighted by atomic mass is 10.1. The number of nitrogens with zero attached hydrogens (tertiary/aromatic N) is 2. The van der Waals surface area contributed by atoms with E-state index in [2.05, 4.69) is 25.3 Å². The van der Waals surface area contributed by atoms with Crippen LogP contribution in [0.4, 0.5) is 5.69 Å². The van der Waals surface area contributed by atoms with Crippen molar-refractivity contribution in [3.63, 3.8) is 0 Å². The van der Waals surface area contributed by atoms with Crippen molar-refractivity contribution in [2.45, 2.75) is 0 Å². The first-order chi connectivity index (χ1) is 13.6. The molecule has 0 saturated heterocycles. The van der Waals surface area contributed by atoms with E-state index in [0.29, 0.717) is 22.3 Å². The van der Waals surface area contributed by atoms with Gasteiger partial charge in [0.25, 0.3) is 5.91 Å². The number of amides is 1. The van der Waals surface area contributed by atoms with Gasteiger partial charge in [-0.25, -0.2) is 4.79 Å². The minimum Gasteiger partial charge on any atom is -0.322 e. The van der Waals surface area contributed by atoms with Gasteiger partial charge < -0.3 is 15.3 Å². The van der Waals surface area contributed by atoms with Crippen molar-refractivity contribution in [2.75, 3.05) is 12.4 Å². The summed E-state index contributed by atoms with van der Waals surface area (Å²) in [5.74, 6) is -0.275. The lowest BCUT2D eigenvalue weighted by Gasteiger charge is -2.07. The second-order valence-electron chi connectivity index (χ2n) is 6.24. The highest BCUT2D eigenvalue weighted by Crippen LogP contribution is 2.19. The van der Waals surface area contributed by atoms with Crippen molar-refractivity contribution < 1.29 is 4.79 Å². The number of H-pyrrole nitrogens is 2. The van der Waals surface area contributed by atoms with Crippen molar-refractivity contribution >= 4 is 28.8 Å². The third-order valence-electron chi connectivity index (χ3n) is 4.26. The fourth-order valence-electron chi connectivity index (χ4n) is 2.94. The number of carbonyl (C=O) groups is 1. The number of imidazole rings is 1. The van der Waals surface area contributed by atoms with Gasteiger partial charge in [0, 0.05) is 30.7 Å². The number of rotatable bonds is 4. The highest BCUT2D eigenvalue weighted by atomic mass is 16.2. The van der Waals surface area contributed by atoms with E-state index in [-0.39, 0.29) is 11.6 Å². The van der Waals surface area contributed by atoms with Gasteiger partial charge in [-0.05, 0) is 42.0 Å². The Morgan fingerprint density at radius 1 is 1.07 bits per heavy atom. The zero-order chi connectivity index (χ0) is 19.5. The highest BCUT2D eigenvalue weighted by molar-refractivity contribution is 6.04. The van der Waals surface area contributed by atoms with E-state index in [9.17, 15) is 9.59 Å². The van der Waals surface area contributed by atoms with Crippen molar-refractivity contribution in [2.24, 2.45) is 4.99 Å². The molecular formula is C21H17N5O2. The van der Waals surface area contributed by atoms with E-state index in [0.717, 1.165) is 16.8 Å². The first-order valence-corrected chi connectivity index (χ1v) is 8.64. The Kier molecular flexibility index (Phi) is 4.55. The smallest absolute Gasteiger partial charge is 0.322 e. The first-order valence-electron chi connectivity index (χ1n) is 8.64. The molecule has 1 amide bonds. The van der Waals surface area contributed by atoms with Crippen molar-refractivity contribution in [3.05, 3.63) is 82.4 Å². The lowest BCUT2D eigenvalue weighted by molar-refractivity contribution is 0.102. The number of fused-ring (bicyclic) bond motifs is 1. The summed E-state index contributed by atoms with van der Waals surface area (Å²) in [5.41, 5.74) is 4.77. The molecule has 0 saturated carbocycles. The maximum atomic E-state index is 12.5. The zero-order valence-electron chi connectivity index (χ0n) is 15.1. The van der Waals surface area contributed by atoms with Crippen LogP contribution < -0.4 is 11.0 Å².